The minimum absolute atomic E-state index is 0.0877. The van der Waals surface area contributed by atoms with Gasteiger partial charge in [-0.3, -0.25) is 9.59 Å². The molecule has 0 spiro atoms. The summed E-state index contributed by atoms with van der Waals surface area (Å²) in [4.78, 5) is 27.2. The van der Waals surface area contributed by atoms with Crippen LogP contribution in [0.25, 0.3) is 0 Å². The van der Waals surface area contributed by atoms with E-state index in [-0.39, 0.29) is 11.8 Å². The number of benzene rings is 2. The van der Waals surface area contributed by atoms with Crippen molar-refractivity contribution in [2.75, 3.05) is 16.9 Å². The number of carbonyl (C=O) groups excluding carboxylic acids is 2. The Hall–Kier alpha value is -1.54. The molecule has 0 aromatic heterocycles. The van der Waals surface area contributed by atoms with Crippen molar-refractivity contribution in [3.8, 4) is 0 Å². The van der Waals surface area contributed by atoms with Crippen molar-refractivity contribution in [1.29, 1.82) is 0 Å². The van der Waals surface area contributed by atoms with Crippen LogP contribution in [0.4, 0.5) is 5.69 Å². The molecule has 0 bridgehead atoms. The smallest absolute Gasteiger partial charge is 0.256 e. The third kappa shape index (κ3) is 4.00. The Morgan fingerprint density at radius 1 is 1.16 bits per heavy atom. The van der Waals surface area contributed by atoms with Crippen LogP contribution >= 0.6 is 34.4 Å². The van der Waals surface area contributed by atoms with Crippen molar-refractivity contribution in [2.24, 2.45) is 0 Å². The van der Waals surface area contributed by atoms with Gasteiger partial charge in [0.05, 0.1) is 11.4 Å². The topological polar surface area (TPSA) is 49.4 Å². The molecular weight excluding hydrogens is 447 g/mol. The summed E-state index contributed by atoms with van der Waals surface area (Å²) in [7, 11) is 0. The third-order valence-corrected chi connectivity index (χ3v) is 6.28. The SMILES string of the molecule is Cc1ccc(NC(=O)C2CSCN2C(=O)c2ccccc2I)cc1C. The molecule has 1 atom stereocenters. The Labute approximate surface area is 165 Å². The Balaban J connectivity index is 1.76. The van der Waals surface area contributed by atoms with E-state index in [1.807, 2.05) is 56.3 Å². The van der Waals surface area contributed by atoms with Gasteiger partial charge in [-0.1, -0.05) is 18.2 Å². The zero-order chi connectivity index (χ0) is 18.0. The molecule has 1 aliphatic rings. The molecule has 3 rings (SSSR count). The zero-order valence-electron chi connectivity index (χ0n) is 14.1. The molecule has 1 heterocycles. The van der Waals surface area contributed by atoms with E-state index in [0.717, 1.165) is 14.8 Å². The normalized spacial score (nSPS) is 16.8. The Morgan fingerprint density at radius 2 is 1.92 bits per heavy atom. The molecule has 2 amide bonds. The van der Waals surface area contributed by atoms with Crippen molar-refractivity contribution in [3.63, 3.8) is 0 Å². The van der Waals surface area contributed by atoms with E-state index in [0.29, 0.717) is 17.2 Å². The first-order valence-corrected chi connectivity index (χ1v) is 10.2. The first-order chi connectivity index (χ1) is 12.0. The number of carbonyl (C=O) groups is 2. The van der Waals surface area contributed by atoms with Gasteiger partial charge in [-0.05, 0) is 71.8 Å². The fourth-order valence-corrected chi connectivity index (χ4v) is 4.47. The average Bonchev–Trinajstić information content (AvgIpc) is 3.08. The number of hydrogen-bond donors (Lipinski definition) is 1. The highest BCUT2D eigenvalue weighted by molar-refractivity contribution is 14.1. The molecule has 2 aromatic carbocycles. The summed E-state index contributed by atoms with van der Waals surface area (Å²) in [5.41, 5.74) is 3.73. The van der Waals surface area contributed by atoms with Gasteiger partial charge < -0.3 is 10.2 Å². The van der Waals surface area contributed by atoms with Gasteiger partial charge in [0.25, 0.3) is 5.91 Å². The van der Waals surface area contributed by atoms with Crippen LogP contribution in [0.3, 0.4) is 0 Å². The Kier molecular flexibility index (Phi) is 5.68. The lowest BCUT2D eigenvalue weighted by Gasteiger charge is -2.23. The van der Waals surface area contributed by atoms with Crippen molar-refractivity contribution < 1.29 is 9.59 Å². The van der Waals surface area contributed by atoms with Crippen LogP contribution in [0.2, 0.25) is 0 Å². The van der Waals surface area contributed by atoms with Gasteiger partial charge in [0.2, 0.25) is 5.91 Å². The van der Waals surface area contributed by atoms with Crippen LogP contribution in [0.1, 0.15) is 21.5 Å². The molecule has 130 valence electrons. The Morgan fingerprint density at radius 3 is 2.64 bits per heavy atom. The van der Waals surface area contributed by atoms with E-state index < -0.39 is 6.04 Å². The third-order valence-electron chi connectivity index (χ3n) is 4.32. The highest BCUT2D eigenvalue weighted by Crippen LogP contribution is 2.26. The number of anilines is 1. The largest absolute Gasteiger partial charge is 0.324 e. The second-order valence-corrected chi connectivity index (χ2v) is 8.22. The van der Waals surface area contributed by atoms with Gasteiger partial charge in [0.1, 0.15) is 6.04 Å². The lowest BCUT2D eigenvalue weighted by atomic mass is 10.1. The molecule has 0 aliphatic carbocycles. The van der Waals surface area contributed by atoms with Crippen LogP contribution in [-0.2, 0) is 4.79 Å². The summed E-state index contributed by atoms with van der Waals surface area (Å²) in [6.07, 6.45) is 0. The first-order valence-electron chi connectivity index (χ1n) is 7.98. The molecule has 4 nitrogen and oxygen atoms in total. The second-order valence-electron chi connectivity index (χ2n) is 6.06. The number of hydrogen-bond acceptors (Lipinski definition) is 3. The lowest BCUT2D eigenvalue weighted by molar-refractivity contribution is -0.119. The van der Waals surface area contributed by atoms with E-state index in [1.165, 1.54) is 5.56 Å². The number of nitrogens with zero attached hydrogens (tertiary/aromatic N) is 1. The minimum atomic E-state index is -0.449. The van der Waals surface area contributed by atoms with Gasteiger partial charge >= 0.3 is 0 Å². The summed E-state index contributed by atoms with van der Waals surface area (Å²) in [6.45, 7) is 4.06. The highest BCUT2D eigenvalue weighted by atomic mass is 127. The number of thioether (sulfide) groups is 1. The van der Waals surface area contributed by atoms with Gasteiger partial charge in [0, 0.05) is 15.0 Å². The molecule has 2 aromatic rings. The van der Waals surface area contributed by atoms with Crippen molar-refractivity contribution in [2.45, 2.75) is 19.9 Å². The van der Waals surface area contributed by atoms with Crippen LogP contribution in [0.5, 0.6) is 0 Å². The quantitative estimate of drug-likeness (QED) is 0.695. The molecule has 0 saturated carbocycles. The van der Waals surface area contributed by atoms with Crippen LogP contribution in [0, 0.1) is 17.4 Å². The number of rotatable bonds is 3. The second kappa shape index (κ2) is 7.78. The molecule has 1 aliphatic heterocycles. The summed E-state index contributed by atoms with van der Waals surface area (Å²) in [6, 6.07) is 12.9. The van der Waals surface area contributed by atoms with Crippen LogP contribution in [-0.4, -0.2) is 34.4 Å². The average molecular weight is 466 g/mol. The summed E-state index contributed by atoms with van der Waals surface area (Å²) >= 11 is 3.76. The summed E-state index contributed by atoms with van der Waals surface area (Å²) in [5, 5.41) is 2.95. The number of amides is 2. The summed E-state index contributed by atoms with van der Waals surface area (Å²) in [5.74, 6) is 0.934. The monoisotopic (exact) mass is 466 g/mol. The molecule has 6 heteroatoms. The maximum atomic E-state index is 12.9. The molecule has 1 saturated heterocycles. The van der Waals surface area contributed by atoms with E-state index in [9.17, 15) is 9.59 Å². The van der Waals surface area contributed by atoms with Gasteiger partial charge in [-0.15, -0.1) is 11.8 Å². The molecule has 25 heavy (non-hydrogen) atoms. The van der Waals surface area contributed by atoms with Gasteiger partial charge in [0.15, 0.2) is 0 Å². The molecule has 1 unspecified atom stereocenters. The maximum absolute atomic E-state index is 12.9. The van der Waals surface area contributed by atoms with Crippen molar-refractivity contribution >= 4 is 51.9 Å². The van der Waals surface area contributed by atoms with E-state index in [1.54, 1.807) is 16.7 Å². The van der Waals surface area contributed by atoms with E-state index >= 15 is 0 Å². The van der Waals surface area contributed by atoms with E-state index in [4.69, 9.17) is 0 Å². The number of aryl methyl sites for hydroxylation is 2. The molecule has 1 fully saturated rings. The number of nitrogens with one attached hydrogen (secondary N) is 1. The van der Waals surface area contributed by atoms with E-state index in [2.05, 4.69) is 27.9 Å². The highest BCUT2D eigenvalue weighted by Gasteiger charge is 2.35. The standard InChI is InChI=1S/C19H19IN2O2S/c1-12-7-8-14(9-13(12)2)21-18(23)17-10-25-11-22(17)19(24)15-5-3-4-6-16(15)20/h3-9,17H,10-11H2,1-2H3,(H,21,23). The zero-order valence-corrected chi connectivity index (χ0v) is 17.1. The first kappa shape index (κ1) is 18.3. The Bertz CT molecular complexity index is 825. The predicted molar refractivity (Wildman–Crippen MR) is 111 cm³/mol. The predicted octanol–water partition coefficient (Wildman–Crippen LogP) is 4.06. The molecular formula is C19H19IN2O2S. The maximum Gasteiger partial charge on any atom is 0.256 e. The summed E-state index contributed by atoms with van der Waals surface area (Å²) < 4.78 is 0.898. The minimum Gasteiger partial charge on any atom is -0.324 e. The fourth-order valence-electron chi connectivity index (χ4n) is 2.69. The lowest BCUT2D eigenvalue weighted by Crippen LogP contribution is -2.44. The van der Waals surface area contributed by atoms with Crippen LogP contribution in [0.15, 0.2) is 42.5 Å². The van der Waals surface area contributed by atoms with Crippen LogP contribution < -0.4 is 5.32 Å². The van der Waals surface area contributed by atoms with Gasteiger partial charge in [-0.2, -0.15) is 0 Å². The van der Waals surface area contributed by atoms with Gasteiger partial charge in [-0.25, -0.2) is 0 Å². The van der Waals surface area contributed by atoms with Crippen molar-refractivity contribution in [1.82, 2.24) is 4.90 Å². The molecule has 1 N–H and O–H groups in total. The number of halogens is 1. The fraction of sp³-hybridized carbons (Fsp3) is 0.263. The molecule has 0 radical (unpaired) electrons. The van der Waals surface area contributed by atoms with Crippen molar-refractivity contribution in [3.05, 3.63) is 62.7 Å².